The molecule has 4 atom stereocenters. The Bertz CT molecular complexity index is 5260. The zero-order chi connectivity index (χ0) is 74.7. The Morgan fingerprint density at radius 1 is 0.455 bits per heavy atom. The number of hydrogen-bond donors (Lipinski definition) is 4. The van der Waals surface area contributed by atoms with Gasteiger partial charge < -0.3 is 39.2 Å². The lowest BCUT2D eigenvalue weighted by Gasteiger charge is -2.27. The maximum absolute atomic E-state index is 13.6. The third kappa shape index (κ3) is 18.3. The van der Waals surface area contributed by atoms with Crippen LogP contribution in [0.25, 0.3) is 77.3 Å². The van der Waals surface area contributed by atoms with E-state index in [-0.39, 0.29) is 107 Å². The van der Waals surface area contributed by atoms with Crippen LogP contribution in [0.15, 0.2) is 181 Å². The van der Waals surface area contributed by atoms with Gasteiger partial charge in [-0.2, -0.15) is 40.5 Å². The van der Waals surface area contributed by atoms with Crippen molar-refractivity contribution >= 4 is 115 Å². The van der Waals surface area contributed by atoms with Gasteiger partial charge in [-0.25, -0.2) is 34.1 Å². The van der Waals surface area contributed by atoms with Crippen LogP contribution in [-0.4, -0.2) is 134 Å². The fraction of sp³-hybridized carbons (Fsp3) is 0.321. The number of likely N-dealkylation sites (tertiary alicyclic amines) is 4. The van der Waals surface area contributed by atoms with Crippen LogP contribution in [0.3, 0.4) is 0 Å². The van der Waals surface area contributed by atoms with E-state index >= 15 is 0 Å². The van der Waals surface area contributed by atoms with Gasteiger partial charge in [-0.05, 0) is 173 Å². The number of ketones is 1. The van der Waals surface area contributed by atoms with Crippen molar-refractivity contribution in [3.05, 3.63) is 221 Å². The number of nitrogens with one attached hydrogen (secondary N) is 4. The highest BCUT2D eigenvalue weighted by Crippen LogP contribution is 2.39. The summed E-state index contributed by atoms with van der Waals surface area (Å²) in [5.74, 6) is 0.800. The molecule has 23 nitrogen and oxygen atoms in total. The number of amides is 5. The molecule has 26 heteroatoms. The molecule has 9 heterocycles. The minimum absolute atomic E-state index is 0. The number of ether oxygens (including phenoxy) is 4. The summed E-state index contributed by atoms with van der Waals surface area (Å²) in [6.07, 6.45) is 11.5. The lowest BCUT2D eigenvalue weighted by Crippen LogP contribution is -2.43. The molecule has 6 aromatic carbocycles. The third-order valence-corrected chi connectivity index (χ3v) is 19.8. The number of fused-ring (bicyclic) bond motifs is 3. The Morgan fingerprint density at radius 3 is 1.37 bits per heavy atom. The van der Waals surface area contributed by atoms with E-state index in [2.05, 4.69) is 76.6 Å². The summed E-state index contributed by atoms with van der Waals surface area (Å²) in [5.41, 5.74) is 9.60. The number of Topliss-reactive ketones (excluding diaryl/α,β-unsaturated/α-hetero) is 1. The van der Waals surface area contributed by atoms with Crippen LogP contribution in [0.5, 0.6) is 0 Å². The van der Waals surface area contributed by atoms with Crippen molar-refractivity contribution in [3.63, 3.8) is 0 Å². The van der Waals surface area contributed by atoms with Gasteiger partial charge in [-0.3, -0.25) is 39.0 Å². The fourth-order valence-corrected chi connectivity index (χ4v) is 14.6. The summed E-state index contributed by atoms with van der Waals surface area (Å²) in [6.45, 7) is 15.2. The molecule has 11 aromatic rings. The molecular formula is C84H92N12O11S3. The minimum atomic E-state index is -0.736. The number of hydrogen-bond acceptors (Lipinski definition) is 15. The molecule has 0 spiro atoms. The van der Waals surface area contributed by atoms with Crippen LogP contribution in [0, 0.1) is 0 Å². The first-order valence-electron chi connectivity index (χ1n) is 36.5. The first-order valence-corrected chi connectivity index (χ1v) is 36.5. The summed E-state index contributed by atoms with van der Waals surface area (Å²) in [7, 11) is 0. The Labute approximate surface area is 658 Å². The molecule has 572 valence electrons. The minimum Gasteiger partial charge on any atom is -0.445 e. The third-order valence-electron chi connectivity index (χ3n) is 19.8. The fourth-order valence-electron chi connectivity index (χ4n) is 14.6. The van der Waals surface area contributed by atoms with E-state index in [0.29, 0.717) is 55.7 Å². The first kappa shape index (κ1) is 80.1. The van der Waals surface area contributed by atoms with Crippen molar-refractivity contribution in [1.29, 1.82) is 0 Å². The van der Waals surface area contributed by atoms with Gasteiger partial charge >= 0.3 is 24.4 Å². The number of nitrogens with zero attached hydrogens (tertiary/aromatic N) is 8. The van der Waals surface area contributed by atoms with Gasteiger partial charge in [0.15, 0.2) is 5.78 Å². The summed E-state index contributed by atoms with van der Waals surface area (Å²) in [4.78, 5) is 127. The Morgan fingerprint density at radius 2 is 0.882 bits per heavy atom. The average molecular weight is 1540 g/mol. The number of carbonyl (C=O) groups excluding carboxylic acids is 6. The number of rotatable bonds is 14. The monoisotopic (exact) mass is 1540 g/mol. The zero-order valence-corrected chi connectivity index (χ0v) is 65.5. The second-order valence-electron chi connectivity index (χ2n) is 29.7. The highest BCUT2D eigenvalue weighted by atomic mass is 32.1. The van der Waals surface area contributed by atoms with E-state index in [1.165, 1.54) is 11.8 Å². The first-order chi connectivity index (χ1) is 51.5. The van der Waals surface area contributed by atoms with Crippen LogP contribution in [0.2, 0.25) is 0 Å². The number of benzene rings is 6. The van der Waals surface area contributed by atoms with E-state index in [9.17, 15) is 33.6 Å². The second-order valence-corrected chi connectivity index (χ2v) is 29.7. The van der Waals surface area contributed by atoms with Crippen molar-refractivity contribution in [2.75, 3.05) is 31.5 Å². The maximum atomic E-state index is 13.6. The van der Waals surface area contributed by atoms with Gasteiger partial charge in [0.05, 0.1) is 53.1 Å². The predicted molar refractivity (Wildman–Crippen MR) is 439 cm³/mol. The van der Waals surface area contributed by atoms with Gasteiger partial charge in [0.2, 0.25) is 11.3 Å². The molecule has 4 fully saturated rings. The number of imidazole rings is 2. The van der Waals surface area contributed by atoms with Gasteiger partial charge in [-0.1, -0.05) is 109 Å². The van der Waals surface area contributed by atoms with Crippen LogP contribution < -0.4 is 10.7 Å². The number of anilines is 1. The quantitative estimate of drug-likeness (QED) is 0.0582. The summed E-state index contributed by atoms with van der Waals surface area (Å²) < 4.78 is 22.4. The Hall–Kier alpha value is -11.0. The standard InChI is InChI=1S/C42H44N6O6.C42H42N6O5.3H2S/c1-26(49)37-33(46-39(50)36-13-9-19-48(36)40(51)53-25-27-10-6-5-7-11-27)22-32(23-43-37)30-15-14-29-21-31(17-16-28(29)20-30)34-24-44-38(45-34)35-12-8-18-47(35)41(52)54-42(2,3)4;1-42(2,3)53-41(51)48-18-8-12-36(48)39-44-24-34(46-39)30-16-15-27-19-29(14-13-28(27)20-30)31-21-33-38(43-23-31)37(49)22-32(45-33)35-11-7-17-47(35)40(50)52-25-26-9-5-4-6-10-26;;;/h5-7,10-11,14-17,20-24,35-36H,8-9,12-13,18-19,25H2,1-4H3,(H,44,45)(H,46,50);4-6,9-10,13-16,19-24,35-36H,7-8,11-12,17-18,25H2,1-3H3,(H,44,46)(H,45,49);3*1H2/t35-,36-;35?,36-;;;/m00.../s1. The van der Waals surface area contributed by atoms with Gasteiger partial charge in [0, 0.05) is 79.5 Å². The second kappa shape index (κ2) is 34.3. The number of aromatic nitrogens is 7. The zero-order valence-electron chi connectivity index (χ0n) is 62.5. The SMILES string of the molecule is CC(=O)c1ncc(-c2ccc3cc(-c4cnc([C@@H]5CCCN5C(=O)OC(C)(C)C)[nH]4)ccc3c2)cc1NC(=O)[C@@H]1CCCN1C(=O)OCc1ccccc1.CC(C)(C)OC(=O)N1CCC[C@H]1c1ncc(-c2ccc3cc(-c4cnc5c(=O)cc(C6CCCN6C(=O)OCc6ccccc6)[nH]c5c4)ccc3c2)[nH]1.S.S.S. The Kier molecular flexibility index (Phi) is 25.0. The smallest absolute Gasteiger partial charge is 0.410 e. The lowest BCUT2D eigenvalue weighted by atomic mass is 9.99. The normalized spacial score (nSPS) is 16.8. The van der Waals surface area contributed by atoms with Gasteiger partial charge in [-0.15, -0.1) is 0 Å². The molecule has 4 aliphatic heterocycles. The molecule has 110 heavy (non-hydrogen) atoms. The van der Waals surface area contributed by atoms with Gasteiger partial charge in [0.1, 0.15) is 53.3 Å². The van der Waals surface area contributed by atoms with Crippen LogP contribution in [0.1, 0.15) is 157 Å². The predicted octanol–water partition coefficient (Wildman–Crippen LogP) is 17.3. The number of pyridine rings is 3. The molecule has 15 rings (SSSR count). The van der Waals surface area contributed by atoms with Crippen molar-refractivity contribution < 1.29 is 47.7 Å². The number of carbonyl (C=O) groups is 6. The van der Waals surface area contributed by atoms with E-state index in [4.69, 9.17) is 18.9 Å². The molecule has 0 bridgehead atoms. The molecule has 4 aliphatic rings. The highest BCUT2D eigenvalue weighted by Gasteiger charge is 2.39. The molecule has 1 unspecified atom stereocenters. The Balaban J connectivity index is 0.000000212. The highest BCUT2D eigenvalue weighted by molar-refractivity contribution is 7.59. The lowest BCUT2D eigenvalue weighted by molar-refractivity contribution is -0.120. The summed E-state index contributed by atoms with van der Waals surface area (Å²) >= 11 is 0. The summed E-state index contributed by atoms with van der Waals surface area (Å²) in [6, 6.07) is 47.5. The van der Waals surface area contributed by atoms with Crippen molar-refractivity contribution in [2.24, 2.45) is 0 Å². The van der Waals surface area contributed by atoms with E-state index in [0.717, 1.165) is 128 Å². The van der Waals surface area contributed by atoms with E-state index in [1.54, 1.807) is 45.4 Å². The van der Waals surface area contributed by atoms with Crippen molar-refractivity contribution in [2.45, 2.75) is 148 Å². The van der Waals surface area contributed by atoms with Crippen molar-refractivity contribution in [3.8, 4) is 44.8 Å². The maximum Gasteiger partial charge on any atom is 0.410 e. The van der Waals surface area contributed by atoms with E-state index in [1.807, 2.05) is 151 Å². The molecule has 0 aliphatic carbocycles. The number of H-pyrrole nitrogens is 3. The molecule has 4 saturated heterocycles. The van der Waals surface area contributed by atoms with Crippen LogP contribution in [0.4, 0.5) is 24.9 Å². The van der Waals surface area contributed by atoms with Crippen molar-refractivity contribution in [1.82, 2.24) is 54.5 Å². The molecule has 5 amide bonds. The van der Waals surface area contributed by atoms with Crippen LogP contribution in [-0.2, 0) is 37.0 Å². The number of aromatic amines is 3. The molecule has 4 N–H and O–H groups in total. The average Bonchev–Trinajstić information content (AvgIpc) is 1.08. The molecule has 0 saturated carbocycles. The van der Waals surface area contributed by atoms with E-state index < -0.39 is 35.3 Å². The largest absolute Gasteiger partial charge is 0.445 e. The van der Waals surface area contributed by atoms with Crippen LogP contribution >= 0.6 is 40.5 Å². The molecule has 0 radical (unpaired) electrons. The molecule has 5 aromatic heterocycles. The summed E-state index contributed by atoms with van der Waals surface area (Å²) in [5, 5.41) is 7.00. The molecular weight excluding hydrogens is 1450 g/mol. The topological polar surface area (TPSA) is 280 Å². The van der Waals surface area contributed by atoms with Gasteiger partial charge in [0.25, 0.3) is 0 Å².